The number of hydrogen-bond acceptors (Lipinski definition) is 3. The van der Waals surface area contributed by atoms with Gasteiger partial charge in [-0.3, -0.25) is 9.79 Å². The lowest BCUT2D eigenvalue weighted by molar-refractivity contribution is -0.146. The van der Waals surface area contributed by atoms with E-state index in [0.717, 1.165) is 51.3 Å². The molecule has 0 atom stereocenters. The number of likely N-dealkylation sites (tertiary alicyclic amines) is 1. The number of nitrogens with zero attached hydrogens (tertiary/aromatic N) is 2. The minimum atomic E-state index is -0.188. The Kier molecular flexibility index (Phi) is 9.17. The molecule has 0 radical (unpaired) electrons. The van der Waals surface area contributed by atoms with Crippen molar-refractivity contribution in [3.05, 3.63) is 35.6 Å². The van der Waals surface area contributed by atoms with Crippen LogP contribution in [-0.2, 0) is 14.9 Å². The smallest absolute Gasteiger partial charge is 0.308 e. The zero-order valence-electron chi connectivity index (χ0n) is 17.5. The van der Waals surface area contributed by atoms with Crippen molar-refractivity contribution in [2.75, 3.05) is 33.8 Å². The Morgan fingerprint density at radius 3 is 2.38 bits per heavy atom. The maximum atomic E-state index is 13.4. The van der Waals surface area contributed by atoms with Crippen LogP contribution in [-0.4, -0.2) is 50.6 Å². The molecule has 0 amide bonds. The summed E-state index contributed by atoms with van der Waals surface area (Å²) in [7, 11) is 3.26. The van der Waals surface area contributed by atoms with E-state index in [9.17, 15) is 9.18 Å². The lowest BCUT2D eigenvalue weighted by Crippen LogP contribution is -2.50. The van der Waals surface area contributed by atoms with E-state index in [2.05, 4.69) is 15.2 Å². The van der Waals surface area contributed by atoms with Crippen LogP contribution in [0.2, 0.25) is 0 Å². The van der Waals surface area contributed by atoms with Gasteiger partial charge in [0.25, 0.3) is 0 Å². The van der Waals surface area contributed by atoms with Crippen molar-refractivity contribution >= 4 is 35.9 Å². The largest absolute Gasteiger partial charge is 0.469 e. The summed E-state index contributed by atoms with van der Waals surface area (Å²) < 4.78 is 18.3. The Morgan fingerprint density at radius 1 is 1.21 bits per heavy atom. The molecule has 5 nitrogen and oxygen atoms in total. The first-order valence-electron chi connectivity index (χ1n) is 10.4. The molecule has 29 heavy (non-hydrogen) atoms. The predicted octanol–water partition coefficient (Wildman–Crippen LogP) is 4.11. The summed E-state index contributed by atoms with van der Waals surface area (Å²) >= 11 is 0. The van der Waals surface area contributed by atoms with Crippen LogP contribution in [0.5, 0.6) is 0 Å². The van der Waals surface area contributed by atoms with Gasteiger partial charge in [0.05, 0.1) is 13.0 Å². The lowest BCUT2D eigenvalue weighted by atomic mass is 9.69. The fraction of sp³-hybridized carbons (Fsp3) is 0.636. The highest BCUT2D eigenvalue weighted by Crippen LogP contribution is 2.39. The van der Waals surface area contributed by atoms with Crippen LogP contribution < -0.4 is 5.32 Å². The van der Waals surface area contributed by atoms with Gasteiger partial charge in [-0.2, -0.15) is 0 Å². The van der Waals surface area contributed by atoms with Crippen molar-refractivity contribution < 1.29 is 13.9 Å². The number of guanidine groups is 1. The number of piperidine rings is 1. The third-order valence-electron chi connectivity index (χ3n) is 6.39. The molecule has 3 rings (SSSR count). The third kappa shape index (κ3) is 5.83. The third-order valence-corrected chi connectivity index (χ3v) is 6.39. The zero-order chi connectivity index (χ0) is 20.0. The number of carbonyl (C=O) groups excluding carboxylic acids is 1. The molecule has 0 bridgehead atoms. The van der Waals surface area contributed by atoms with Gasteiger partial charge in [-0.1, -0.05) is 31.4 Å². The number of halogens is 2. The van der Waals surface area contributed by atoms with E-state index in [1.165, 1.54) is 31.9 Å². The van der Waals surface area contributed by atoms with E-state index in [1.807, 2.05) is 12.1 Å². The molecule has 1 saturated carbocycles. The van der Waals surface area contributed by atoms with Crippen LogP contribution in [0.4, 0.5) is 4.39 Å². The van der Waals surface area contributed by atoms with Crippen molar-refractivity contribution in [1.82, 2.24) is 10.2 Å². The zero-order valence-corrected chi connectivity index (χ0v) is 19.8. The Labute approximate surface area is 190 Å². The fourth-order valence-electron chi connectivity index (χ4n) is 4.67. The average molecular weight is 517 g/mol. The van der Waals surface area contributed by atoms with Gasteiger partial charge >= 0.3 is 5.97 Å². The molecule has 0 spiro atoms. The van der Waals surface area contributed by atoms with Crippen molar-refractivity contribution in [2.45, 2.75) is 50.4 Å². The van der Waals surface area contributed by atoms with Gasteiger partial charge < -0.3 is 15.0 Å². The molecule has 2 aliphatic rings. The molecular formula is C22H33FIN3O2. The molecule has 1 heterocycles. The van der Waals surface area contributed by atoms with Gasteiger partial charge in [-0.15, -0.1) is 24.0 Å². The Balaban J connectivity index is 0.00000300. The number of carbonyl (C=O) groups is 1. The summed E-state index contributed by atoms with van der Waals surface area (Å²) in [5.74, 6) is 0.575. The van der Waals surface area contributed by atoms with Crippen molar-refractivity contribution in [3.8, 4) is 0 Å². The first-order valence-corrected chi connectivity index (χ1v) is 10.4. The summed E-state index contributed by atoms with van der Waals surface area (Å²) in [6.45, 7) is 2.38. The highest BCUT2D eigenvalue weighted by Gasteiger charge is 2.35. The normalized spacial score (nSPS) is 20.0. The van der Waals surface area contributed by atoms with Gasteiger partial charge in [-0.25, -0.2) is 4.39 Å². The maximum absolute atomic E-state index is 13.4. The van der Waals surface area contributed by atoms with E-state index < -0.39 is 0 Å². The lowest BCUT2D eigenvalue weighted by Gasteiger charge is -2.40. The minimum Gasteiger partial charge on any atom is -0.469 e. The topological polar surface area (TPSA) is 53.9 Å². The highest BCUT2D eigenvalue weighted by atomic mass is 127. The molecule has 7 heteroatoms. The second-order valence-electron chi connectivity index (χ2n) is 8.03. The molecule has 1 saturated heterocycles. The van der Waals surface area contributed by atoms with Crippen LogP contribution in [0.15, 0.2) is 29.3 Å². The average Bonchev–Trinajstić information content (AvgIpc) is 2.75. The van der Waals surface area contributed by atoms with Gasteiger partial charge in [0, 0.05) is 32.1 Å². The first-order chi connectivity index (χ1) is 13.6. The molecular weight excluding hydrogens is 484 g/mol. The van der Waals surface area contributed by atoms with E-state index in [1.54, 1.807) is 19.2 Å². The Bertz CT molecular complexity index is 682. The number of nitrogens with one attached hydrogen (secondary N) is 1. The summed E-state index contributed by atoms with van der Waals surface area (Å²) in [5.41, 5.74) is 1.23. The Morgan fingerprint density at radius 2 is 1.83 bits per heavy atom. The number of ether oxygens (including phenoxy) is 1. The fourth-order valence-corrected chi connectivity index (χ4v) is 4.67. The van der Waals surface area contributed by atoms with E-state index in [0.29, 0.717) is 0 Å². The molecule has 1 aliphatic heterocycles. The molecule has 1 N–H and O–H groups in total. The predicted molar refractivity (Wildman–Crippen MR) is 124 cm³/mol. The van der Waals surface area contributed by atoms with E-state index in [-0.39, 0.29) is 47.1 Å². The quantitative estimate of drug-likeness (QED) is 0.283. The molecule has 1 aromatic carbocycles. The second-order valence-corrected chi connectivity index (χ2v) is 8.03. The van der Waals surface area contributed by atoms with E-state index >= 15 is 0 Å². The molecule has 162 valence electrons. The number of esters is 1. The van der Waals surface area contributed by atoms with Gasteiger partial charge in [0.2, 0.25) is 0 Å². The molecule has 0 unspecified atom stereocenters. The summed E-state index contributed by atoms with van der Waals surface area (Å²) in [4.78, 5) is 18.5. The number of methoxy groups -OCH3 is 1. The standard InChI is InChI=1S/C22H32FN3O2.HI/c1-24-21(26-14-10-17(11-15-26)20(27)28-2)25-16-22(12-4-3-5-13-22)18-6-8-19(23)9-7-18;/h6-9,17H,3-5,10-16H2,1-2H3,(H,24,25);1H. The van der Waals surface area contributed by atoms with Gasteiger partial charge in [-0.05, 0) is 43.4 Å². The number of rotatable bonds is 4. The van der Waals surface area contributed by atoms with Crippen LogP contribution in [0.1, 0.15) is 50.5 Å². The van der Waals surface area contributed by atoms with Crippen LogP contribution in [0.25, 0.3) is 0 Å². The van der Waals surface area contributed by atoms with Crippen LogP contribution in [0.3, 0.4) is 0 Å². The van der Waals surface area contributed by atoms with Crippen molar-refractivity contribution in [2.24, 2.45) is 10.9 Å². The molecule has 1 aliphatic carbocycles. The SMILES string of the molecule is CN=C(NCC1(c2ccc(F)cc2)CCCCC1)N1CCC(C(=O)OC)CC1.I. The Hall–Kier alpha value is -1.38. The first kappa shape index (κ1) is 23.9. The second kappa shape index (κ2) is 11.1. The van der Waals surface area contributed by atoms with Gasteiger partial charge in [0.15, 0.2) is 5.96 Å². The van der Waals surface area contributed by atoms with Crippen LogP contribution in [0, 0.1) is 11.7 Å². The summed E-state index contributed by atoms with van der Waals surface area (Å²) in [6, 6.07) is 7.01. The highest BCUT2D eigenvalue weighted by molar-refractivity contribution is 14.0. The summed E-state index contributed by atoms with van der Waals surface area (Å²) in [6.07, 6.45) is 7.44. The van der Waals surface area contributed by atoms with E-state index in [4.69, 9.17) is 4.74 Å². The van der Waals surface area contributed by atoms with Crippen molar-refractivity contribution in [3.63, 3.8) is 0 Å². The molecule has 0 aromatic heterocycles. The minimum absolute atomic E-state index is 0. The van der Waals surface area contributed by atoms with Gasteiger partial charge in [0.1, 0.15) is 5.82 Å². The maximum Gasteiger partial charge on any atom is 0.308 e. The monoisotopic (exact) mass is 517 g/mol. The molecule has 1 aromatic rings. The number of benzene rings is 1. The summed E-state index contributed by atoms with van der Waals surface area (Å²) in [5, 5.41) is 3.59. The van der Waals surface area contributed by atoms with Crippen molar-refractivity contribution in [1.29, 1.82) is 0 Å². The number of aliphatic imine (C=N–C) groups is 1. The molecule has 2 fully saturated rings. The number of hydrogen-bond donors (Lipinski definition) is 1. The van der Waals surface area contributed by atoms with Crippen LogP contribution >= 0.6 is 24.0 Å².